The van der Waals surface area contributed by atoms with Gasteiger partial charge in [0, 0.05) is 32.8 Å². The van der Waals surface area contributed by atoms with E-state index in [-0.39, 0.29) is 5.91 Å². The van der Waals surface area contributed by atoms with Crippen molar-refractivity contribution in [2.45, 2.75) is 26.2 Å². The van der Waals surface area contributed by atoms with Crippen molar-refractivity contribution in [2.24, 2.45) is 13.0 Å². The number of carbonyl (C=O) groups is 1. The average Bonchev–Trinajstić information content (AvgIpc) is 3.21. The summed E-state index contributed by atoms with van der Waals surface area (Å²) in [5.74, 6) is 1.74. The highest BCUT2D eigenvalue weighted by atomic mass is 16.2. The number of imidazole rings is 1. The lowest BCUT2D eigenvalue weighted by atomic mass is 10.0. The van der Waals surface area contributed by atoms with Crippen LogP contribution in [-0.2, 0) is 24.7 Å². The van der Waals surface area contributed by atoms with Crippen LogP contribution in [0.15, 0.2) is 42.6 Å². The van der Waals surface area contributed by atoms with Crippen LogP contribution in [0.2, 0.25) is 0 Å². The van der Waals surface area contributed by atoms with Gasteiger partial charge in [0.2, 0.25) is 5.91 Å². The number of likely N-dealkylation sites (tertiary alicyclic amines) is 1. The van der Waals surface area contributed by atoms with Crippen molar-refractivity contribution in [1.82, 2.24) is 19.4 Å². The Kier molecular flexibility index (Phi) is 4.45. The van der Waals surface area contributed by atoms with E-state index in [0.717, 1.165) is 48.5 Å². The van der Waals surface area contributed by atoms with Gasteiger partial charge in [-0.1, -0.05) is 29.8 Å². The molecule has 26 heavy (non-hydrogen) atoms. The number of pyridine rings is 1. The van der Waals surface area contributed by atoms with Crippen LogP contribution in [-0.4, -0.2) is 38.4 Å². The number of nitrogens with zero attached hydrogens (tertiary/aromatic N) is 4. The minimum Gasteiger partial charge on any atom is -0.342 e. The summed E-state index contributed by atoms with van der Waals surface area (Å²) in [5.41, 5.74) is 4.16. The molecule has 1 atom stereocenters. The zero-order valence-electron chi connectivity index (χ0n) is 15.4. The monoisotopic (exact) mass is 348 g/mol. The second kappa shape index (κ2) is 6.90. The van der Waals surface area contributed by atoms with Crippen molar-refractivity contribution < 1.29 is 4.79 Å². The SMILES string of the molecule is Cc1cccc(CC(=O)N2CC[C@H](Cc3nc4cccnc4n3C)C2)c1. The van der Waals surface area contributed by atoms with Gasteiger partial charge in [0.25, 0.3) is 0 Å². The quantitative estimate of drug-likeness (QED) is 0.728. The summed E-state index contributed by atoms with van der Waals surface area (Å²) in [7, 11) is 2.02. The van der Waals surface area contributed by atoms with E-state index in [1.807, 2.05) is 36.2 Å². The molecule has 0 N–H and O–H groups in total. The van der Waals surface area contributed by atoms with Crippen molar-refractivity contribution in [3.63, 3.8) is 0 Å². The van der Waals surface area contributed by atoms with Gasteiger partial charge < -0.3 is 9.47 Å². The Morgan fingerprint density at radius 1 is 1.27 bits per heavy atom. The minimum atomic E-state index is 0.227. The lowest BCUT2D eigenvalue weighted by Crippen LogP contribution is -2.30. The van der Waals surface area contributed by atoms with Crippen molar-refractivity contribution in [1.29, 1.82) is 0 Å². The number of fused-ring (bicyclic) bond motifs is 1. The lowest BCUT2D eigenvalue weighted by molar-refractivity contribution is -0.129. The molecule has 5 heteroatoms. The van der Waals surface area contributed by atoms with Gasteiger partial charge in [-0.05, 0) is 37.0 Å². The number of aromatic nitrogens is 3. The molecule has 3 heterocycles. The van der Waals surface area contributed by atoms with Gasteiger partial charge in [0.15, 0.2) is 5.65 Å². The standard InChI is InChI=1S/C21H24N4O/c1-15-5-3-6-16(11-15)13-20(26)25-10-8-17(14-25)12-19-23-18-7-4-9-22-21(18)24(19)2/h3-7,9,11,17H,8,10,12-14H2,1-2H3/t17-/m1/s1. The largest absolute Gasteiger partial charge is 0.342 e. The molecule has 0 radical (unpaired) electrons. The van der Waals surface area contributed by atoms with Crippen molar-refractivity contribution in [2.75, 3.05) is 13.1 Å². The van der Waals surface area contributed by atoms with Gasteiger partial charge in [-0.15, -0.1) is 0 Å². The zero-order chi connectivity index (χ0) is 18.1. The molecule has 3 aromatic rings. The van der Waals surface area contributed by atoms with E-state index in [9.17, 15) is 4.79 Å². The van der Waals surface area contributed by atoms with E-state index in [2.05, 4.69) is 28.6 Å². The fourth-order valence-electron chi connectivity index (χ4n) is 3.85. The maximum absolute atomic E-state index is 12.6. The summed E-state index contributed by atoms with van der Waals surface area (Å²) in [6.07, 6.45) is 4.22. The lowest BCUT2D eigenvalue weighted by Gasteiger charge is -2.17. The summed E-state index contributed by atoms with van der Waals surface area (Å²) in [5, 5.41) is 0. The molecule has 4 rings (SSSR count). The summed E-state index contributed by atoms with van der Waals surface area (Å²) >= 11 is 0. The van der Waals surface area contributed by atoms with E-state index in [4.69, 9.17) is 4.98 Å². The first-order valence-corrected chi connectivity index (χ1v) is 9.20. The first-order chi connectivity index (χ1) is 12.6. The van der Waals surface area contributed by atoms with Gasteiger partial charge in [0.1, 0.15) is 11.3 Å². The normalized spacial score (nSPS) is 17.2. The smallest absolute Gasteiger partial charge is 0.226 e. The predicted octanol–water partition coefficient (Wildman–Crippen LogP) is 2.91. The van der Waals surface area contributed by atoms with E-state index >= 15 is 0 Å². The Morgan fingerprint density at radius 2 is 2.15 bits per heavy atom. The van der Waals surface area contributed by atoms with Crippen LogP contribution in [0.5, 0.6) is 0 Å². The molecule has 1 amide bonds. The Bertz CT molecular complexity index is 946. The molecule has 2 aromatic heterocycles. The molecule has 0 unspecified atom stereocenters. The number of benzene rings is 1. The first kappa shape index (κ1) is 16.8. The van der Waals surface area contributed by atoms with Gasteiger partial charge in [-0.25, -0.2) is 9.97 Å². The maximum atomic E-state index is 12.6. The van der Waals surface area contributed by atoms with Gasteiger partial charge in [-0.3, -0.25) is 4.79 Å². The second-order valence-corrected chi connectivity index (χ2v) is 7.30. The zero-order valence-corrected chi connectivity index (χ0v) is 15.4. The van der Waals surface area contributed by atoms with Crippen molar-refractivity contribution in [3.05, 3.63) is 59.5 Å². The molecule has 0 aliphatic carbocycles. The van der Waals surface area contributed by atoms with Crippen LogP contribution >= 0.6 is 0 Å². The molecule has 1 aromatic carbocycles. The highest BCUT2D eigenvalue weighted by Gasteiger charge is 2.27. The van der Waals surface area contributed by atoms with Crippen LogP contribution in [0.1, 0.15) is 23.4 Å². The van der Waals surface area contributed by atoms with E-state index < -0.39 is 0 Å². The summed E-state index contributed by atoms with van der Waals surface area (Å²) in [4.78, 5) is 23.8. The van der Waals surface area contributed by atoms with Crippen LogP contribution in [0.3, 0.4) is 0 Å². The van der Waals surface area contributed by atoms with Crippen LogP contribution < -0.4 is 0 Å². The Balaban J connectivity index is 1.40. The third kappa shape index (κ3) is 3.34. The molecule has 0 saturated carbocycles. The first-order valence-electron chi connectivity index (χ1n) is 9.20. The fourth-order valence-corrected chi connectivity index (χ4v) is 3.85. The Labute approximate surface area is 153 Å². The van der Waals surface area contributed by atoms with Crippen LogP contribution in [0.4, 0.5) is 0 Å². The van der Waals surface area contributed by atoms with Gasteiger partial charge in [-0.2, -0.15) is 0 Å². The highest BCUT2D eigenvalue weighted by molar-refractivity contribution is 5.79. The Hall–Kier alpha value is -2.69. The fraction of sp³-hybridized carbons (Fsp3) is 0.381. The summed E-state index contributed by atoms with van der Waals surface area (Å²) in [6, 6.07) is 12.1. The number of carbonyl (C=O) groups excluding carboxylic acids is 1. The molecule has 5 nitrogen and oxygen atoms in total. The summed E-state index contributed by atoms with van der Waals surface area (Å²) < 4.78 is 2.08. The number of hydrogen-bond acceptors (Lipinski definition) is 3. The Morgan fingerprint density at radius 3 is 2.96 bits per heavy atom. The third-order valence-electron chi connectivity index (χ3n) is 5.27. The van der Waals surface area contributed by atoms with Gasteiger partial charge >= 0.3 is 0 Å². The van der Waals surface area contributed by atoms with E-state index in [1.165, 1.54) is 5.56 Å². The average molecular weight is 348 g/mol. The maximum Gasteiger partial charge on any atom is 0.226 e. The molecule has 1 aliphatic rings. The molecule has 0 bridgehead atoms. The number of rotatable bonds is 4. The molecule has 1 saturated heterocycles. The minimum absolute atomic E-state index is 0.227. The van der Waals surface area contributed by atoms with Crippen molar-refractivity contribution in [3.8, 4) is 0 Å². The van der Waals surface area contributed by atoms with E-state index in [1.54, 1.807) is 6.20 Å². The molecule has 1 fully saturated rings. The number of amides is 1. The third-order valence-corrected chi connectivity index (χ3v) is 5.27. The molecular weight excluding hydrogens is 324 g/mol. The van der Waals surface area contributed by atoms with Crippen LogP contribution in [0, 0.1) is 12.8 Å². The second-order valence-electron chi connectivity index (χ2n) is 7.30. The highest BCUT2D eigenvalue weighted by Crippen LogP contribution is 2.23. The molecule has 134 valence electrons. The summed E-state index contributed by atoms with van der Waals surface area (Å²) in [6.45, 7) is 3.73. The van der Waals surface area contributed by atoms with E-state index in [0.29, 0.717) is 12.3 Å². The molecule has 1 aliphatic heterocycles. The van der Waals surface area contributed by atoms with Crippen molar-refractivity contribution >= 4 is 17.1 Å². The number of aryl methyl sites for hydroxylation is 2. The van der Waals surface area contributed by atoms with Crippen LogP contribution in [0.25, 0.3) is 11.2 Å². The van der Waals surface area contributed by atoms with Gasteiger partial charge in [0.05, 0.1) is 6.42 Å². The number of hydrogen-bond donors (Lipinski definition) is 0. The predicted molar refractivity (Wildman–Crippen MR) is 102 cm³/mol. The topological polar surface area (TPSA) is 51.0 Å². The molecule has 0 spiro atoms. The molecular formula is C21H24N4O.